The van der Waals surface area contributed by atoms with E-state index < -0.39 is 0 Å². The van der Waals surface area contributed by atoms with E-state index in [2.05, 4.69) is 72.6 Å². The van der Waals surface area contributed by atoms with Crippen molar-refractivity contribution in [2.24, 2.45) is 7.05 Å². The van der Waals surface area contributed by atoms with Crippen molar-refractivity contribution in [2.45, 2.75) is 24.3 Å². The maximum absolute atomic E-state index is 4.09. The minimum absolute atomic E-state index is 0.205. The quantitative estimate of drug-likeness (QED) is 0.665. The van der Waals surface area contributed by atoms with E-state index in [0.29, 0.717) is 0 Å². The molecule has 0 radical (unpaired) electrons. The average molecular weight is 434 g/mol. The van der Waals surface area contributed by atoms with Crippen LogP contribution in [0.2, 0.25) is 0 Å². The molecule has 0 bridgehead atoms. The molecule has 1 N–H and O–H groups in total. The maximum atomic E-state index is 4.09. The zero-order valence-corrected chi connectivity index (χ0v) is 16.0. The van der Waals surface area contributed by atoms with Crippen molar-refractivity contribution in [2.75, 3.05) is 12.3 Å². The second-order valence-corrected chi connectivity index (χ2v) is 7.30. The van der Waals surface area contributed by atoms with E-state index >= 15 is 0 Å². The van der Waals surface area contributed by atoms with Gasteiger partial charge in [0.1, 0.15) is 0 Å². The van der Waals surface area contributed by atoms with Gasteiger partial charge < -0.3 is 5.32 Å². The highest BCUT2D eigenvalue weighted by atomic mass is 79.9. The third-order valence-electron chi connectivity index (χ3n) is 3.04. The van der Waals surface area contributed by atoms with Gasteiger partial charge in [-0.25, -0.2) is 4.68 Å². The van der Waals surface area contributed by atoms with Crippen molar-refractivity contribution in [3.8, 4) is 0 Å². The van der Waals surface area contributed by atoms with Gasteiger partial charge in [0.15, 0.2) is 4.60 Å². The van der Waals surface area contributed by atoms with E-state index in [1.807, 2.05) is 29.6 Å². The Morgan fingerprint density at radius 3 is 2.71 bits per heavy atom. The van der Waals surface area contributed by atoms with Gasteiger partial charge in [0, 0.05) is 22.2 Å². The Kier molecular flexibility index (Phi) is 6.73. The van der Waals surface area contributed by atoms with Crippen molar-refractivity contribution >= 4 is 43.6 Å². The number of benzene rings is 1. The van der Waals surface area contributed by atoms with Gasteiger partial charge >= 0.3 is 0 Å². The molecular weight excluding hydrogens is 416 g/mol. The molecular formula is C14H18Br2N4S. The Bertz CT molecular complexity index is 569. The summed E-state index contributed by atoms with van der Waals surface area (Å²) in [6, 6.07) is 8.49. The molecule has 0 aliphatic rings. The van der Waals surface area contributed by atoms with E-state index in [0.717, 1.165) is 33.5 Å². The predicted octanol–water partition coefficient (Wildman–Crippen LogP) is 4.17. The van der Waals surface area contributed by atoms with Crippen molar-refractivity contribution in [1.82, 2.24) is 20.3 Å². The molecule has 1 aromatic heterocycles. The lowest BCUT2D eigenvalue weighted by molar-refractivity contribution is 0.531. The Morgan fingerprint density at radius 1 is 1.33 bits per heavy atom. The van der Waals surface area contributed by atoms with E-state index in [1.165, 1.54) is 4.90 Å². The van der Waals surface area contributed by atoms with E-state index in [-0.39, 0.29) is 6.04 Å². The molecule has 114 valence electrons. The number of thioether (sulfide) groups is 1. The smallest absolute Gasteiger partial charge is 0.153 e. The monoisotopic (exact) mass is 432 g/mol. The largest absolute Gasteiger partial charge is 0.308 e. The molecule has 0 spiro atoms. The fraction of sp³-hybridized carbons (Fsp3) is 0.429. The fourth-order valence-electron chi connectivity index (χ4n) is 2.00. The summed E-state index contributed by atoms with van der Waals surface area (Å²) in [7, 11) is 1.93. The Hall–Kier alpha value is -0.370. The molecule has 0 fully saturated rings. The molecule has 2 rings (SSSR count). The number of hydrogen-bond donors (Lipinski definition) is 1. The number of hydrogen-bond acceptors (Lipinski definition) is 4. The van der Waals surface area contributed by atoms with E-state index in [1.54, 1.807) is 0 Å². The molecule has 7 heteroatoms. The summed E-state index contributed by atoms with van der Waals surface area (Å²) in [5, 5.41) is 11.7. The average Bonchev–Trinajstić information content (AvgIpc) is 2.81. The van der Waals surface area contributed by atoms with Crippen LogP contribution in [0.5, 0.6) is 0 Å². The molecule has 1 heterocycles. The Balaban J connectivity index is 2.12. The Labute approximate surface area is 146 Å². The van der Waals surface area contributed by atoms with Gasteiger partial charge in [-0.2, -0.15) is 0 Å². The van der Waals surface area contributed by atoms with Crippen LogP contribution in [0, 0.1) is 0 Å². The first kappa shape index (κ1) is 17.0. The normalized spacial score (nSPS) is 12.6. The lowest BCUT2D eigenvalue weighted by atomic mass is 10.2. The minimum atomic E-state index is 0.205. The van der Waals surface area contributed by atoms with Crippen LogP contribution in [0.25, 0.3) is 0 Å². The summed E-state index contributed by atoms with van der Waals surface area (Å²) >= 11 is 8.92. The van der Waals surface area contributed by atoms with Crippen LogP contribution in [0.4, 0.5) is 0 Å². The molecule has 1 aromatic carbocycles. The van der Waals surface area contributed by atoms with Crippen LogP contribution in [-0.4, -0.2) is 27.3 Å². The number of aromatic nitrogens is 3. The van der Waals surface area contributed by atoms with Gasteiger partial charge in [0.2, 0.25) is 0 Å². The molecule has 0 aliphatic heterocycles. The first-order valence-electron chi connectivity index (χ1n) is 6.79. The summed E-state index contributed by atoms with van der Waals surface area (Å²) < 4.78 is 3.77. The molecule has 21 heavy (non-hydrogen) atoms. The fourth-order valence-corrected chi connectivity index (χ4v) is 4.23. The number of rotatable bonds is 7. The lowest BCUT2D eigenvalue weighted by Gasteiger charge is -2.18. The molecule has 0 aliphatic carbocycles. The van der Waals surface area contributed by atoms with Crippen molar-refractivity contribution in [3.63, 3.8) is 0 Å². The first-order valence-corrected chi connectivity index (χ1v) is 9.36. The number of nitrogens with one attached hydrogen (secondary N) is 1. The number of halogens is 2. The summed E-state index contributed by atoms with van der Waals surface area (Å²) in [4.78, 5) is 1.24. The second-order valence-electron chi connectivity index (χ2n) is 4.64. The molecule has 2 aromatic rings. The number of nitrogens with zero attached hydrogens (tertiary/aromatic N) is 3. The molecule has 1 unspecified atom stereocenters. The summed E-state index contributed by atoms with van der Waals surface area (Å²) in [6.07, 6.45) is 1.10. The van der Waals surface area contributed by atoms with Crippen molar-refractivity contribution < 1.29 is 0 Å². The predicted molar refractivity (Wildman–Crippen MR) is 94.6 cm³/mol. The zero-order chi connectivity index (χ0) is 15.2. The maximum Gasteiger partial charge on any atom is 0.153 e. The zero-order valence-electron chi connectivity index (χ0n) is 12.0. The summed E-state index contributed by atoms with van der Waals surface area (Å²) in [6.45, 7) is 3.14. The third kappa shape index (κ3) is 4.55. The highest BCUT2D eigenvalue weighted by molar-refractivity contribution is 9.10. The summed E-state index contributed by atoms with van der Waals surface area (Å²) in [5.41, 5.74) is 1.09. The van der Waals surface area contributed by atoms with Gasteiger partial charge in [-0.05, 0) is 57.0 Å². The molecule has 0 amide bonds. The molecule has 0 saturated heterocycles. The van der Waals surface area contributed by atoms with Crippen LogP contribution >= 0.6 is 43.6 Å². The van der Waals surface area contributed by atoms with Crippen LogP contribution in [0.15, 0.2) is 38.2 Å². The van der Waals surface area contributed by atoms with Crippen LogP contribution < -0.4 is 5.32 Å². The summed E-state index contributed by atoms with van der Waals surface area (Å²) in [5.74, 6) is 0.919. The van der Waals surface area contributed by atoms with E-state index in [4.69, 9.17) is 0 Å². The van der Waals surface area contributed by atoms with E-state index in [9.17, 15) is 0 Å². The number of aryl methyl sites for hydroxylation is 1. The minimum Gasteiger partial charge on any atom is -0.308 e. The van der Waals surface area contributed by atoms with Gasteiger partial charge in [-0.15, -0.1) is 16.9 Å². The van der Waals surface area contributed by atoms with Crippen LogP contribution in [-0.2, 0) is 7.05 Å². The Morgan fingerprint density at radius 2 is 2.10 bits per heavy atom. The van der Waals surface area contributed by atoms with Crippen molar-refractivity contribution in [1.29, 1.82) is 0 Å². The van der Waals surface area contributed by atoms with Crippen LogP contribution in [0.1, 0.15) is 25.1 Å². The molecule has 0 saturated carbocycles. The van der Waals surface area contributed by atoms with Gasteiger partial charge in [0.05, 0.1) is 11.7 Å². The first-order chi connectivity index (χ1) is 10.1. The van der Waals surface area contributed by atoms with Gasteiger partial charge in [-0.3, -0.25) is 0 Å². The topological polar surface area (TPSA) is 42.7 Å². The SMILES string of the molecule is CCCNC(CSc1ccccc1Br)c1c(Br)nnn1C. The van der Waals surface area contributed by atoms with Gasteiger partial charge in [-0.1, -0.05) is 24.3 Å². The standard InChI is InChI=1S/C14H18Br2N4S/c1-3-8-17-11(13-14(16)18-19-20(13)2)9-21-12-7-5-4-6-10(12)15/h4-7,11,17H,3,8-9H2,1-2H3. The lowest BCUT2D eigenvalue weighted by Crippen LogP contribution is -2.26. The molecule has 1 atom stereocenters. The second kappa shape index (κ2) is 8.31. The highest BCUT2D eigenvalue weighted by Gasteiger charge is 2.20. The van der Waals surface area contributed by atoms with Gasteiger partial charge in [0.25, 0.3) is 0 Å². The van der Waals surface area contributed by atoms with Crippen LogP contribution in [0.3, 0.4) is 0 Å². The third-order valence-corrected chi connectivity index (χ3v) is 5.73. The van der Waals surface area contributed by atoms with Crippen molar-refractivity contribution in [3.05, 3.63) is 39.0 Å². The highest BCUT2D eigenvalue weighted by Crippen LogP contribution is 2.31. The molecule has 4 nitrogen and oxygen atoms in total.